The van der Waals surface area contributed by atoms with Crippen LogP contribution in [-0.2, 0) is 13.5 Å². The summed E-state index contributed by atoms with van der Waals surface area (Å²) in [7, 11) is 1.95. The smallest absolute Gasteiger partial charge is 0.108 e. The molecule has 0 aliphatic rings. The number of hydrogen-bond acceptors (Lipinski definition) is 2. The molecule has 3 nitrogen and oxygen atoms in total. The van der Waals surface area contributed by atoms with Crippen LogP contribution in [0, 0.1) is 0 Å². The molecule has 18 heavy (non-hydrogen) atoms. The number of halogens is 2. The Hall–Kier alpha value is -0.840. The zero-order valence-corrected chi connectivity index (χ0v) is 12.3. The summed E-state index contributed by atoms with van der Waals surface area (Å²) in [5, 5.41) is 10.7. The third-order valence-corrected chi connectivity index (χ3v) is 4.21. The van der Waals surface area contributed by atoms with Crippen LogP contribution in [0.4, 0.5) is 0 Å². The summed E-state index contributed by atoms with van der Waals surface area (Å²) in [6, 6.07) is 5.57. The number of imidazole rings is 1. The number of aliphatic hydroxyl groups excluding tert-OH is 1. The van der Waals surface area contributed by atoms with E-state index in [1.165, 1.54) is 0 Å². The van der Waals surface area contributed by atoms with E-state index in [0.29, 0.717) is 17.9 Å². The normalized spacial score (nSPS) is 12.7. The molecule has 5 heteroatoms. The highest BCUT2D eigenvalue weighted by Crippen LogP contribution is 2.31. The number of hydrogen-bond donors (Lipinski definition) is 1. The van der Waals surface area contributed by atoms with Gasteiger partial charge in [-0.25, -0.2) is 4.98 Å². The number of aliphatic hydroxyl groups is 1. The third kappa shape index (κ3) is 2.94. The van der Waals surface area contributed by atoms with Gasteiger partial charge in [0.2, 0.25) is 0 Å². The summed E-state index contributed by atoms with van der Waals surface area (Å²) in [5.41, 5.74) is 0.750. The van der Waals surface area contributed by atoms with Gasteiger partial charge in [-0.05, 0) is 28.4 Å². The lowest BCUT2D eigenvalue weighted by Gasteiger charge is -2.13. The minimum Gasteiger partial charge on any atom is -0.388 e. The van der Waals surface area contributed by atoms with Gasteiger partial charge in [-0.15, -0.1) is 0 Å². The molecule has 96 valence electrons. The Morgan fingerprint density at radius 3 is 2.94 bits per heavy atom. The van der Waals surface area contributed by atoms with Crippen LogP contribution in [0.25, 0.3) is 0 Å². The molecule has 1 unspecified atom stereocenters. The summed E-state index contributed by atoms with van der Waals surface area (Å²) in [6.45, 7) is 0. The Labute approximate surface area is 120 Å². The first-order valence-corrected chi connectivity index (χ1v) is 6.85. The zero-order valence-electron chi connectivity index (χ0n) is 9.98. The first-order chi connectivity index (χ1) is 8.59. The lowest BCUT2D eigenvalue weighted by Crippen LogP contribution is -2.04. The second-order valence-electron chi connectivity index (χ2n) is 4.15. The van der Waals surface area contributed by atoms with Gasteiger partial charge in [0.25, 0.3) is 0 Å². The Morgan fingerprint density at radius 2 is 2.28 bits per heavy atom. The van der Waals surface area contributed by atoms with E-state index in [2.05, 4.69) is 20.9 Å². The molecule has 0 aliphatic carbocycles. The van der Waals surface area contributed by atoms with E-state index in [9.17, 15) is 5.11 Å². The summed E-state index contributed by atoms with van der Waals surface area (Å²) < 4.78 is 2.76. The summed E-state index contributed by atoms with van der Waals surface area (Å²) in [5.74, 6) is 0.958. The van der Waals surface area contributed by atoms with Crippen molar-refractivity contribution in [3.8, 4) is 0 Å². The predicted molar refractivity (Wildman–Crippen MR) is 75.6 cm³/mol. The molecule has 0 amide bonds. The van der Waals surface area contributed by atoms with Gasteiger partial charge in [0.1, 0.15) is 5.82 Å². The fourth-order valence-electron chi connectivity index (χ4n) is 1.84. The maximum Gasteiger partial charge on any atom is 0.108 e. The van der Waals surface area contributed by atoms with Crippen LogP contribution in [0.15, 0.2) is 35.1 Å². The molecule has 0 saturated carbocycles. The molecule has 0 spiro atoms. The van der Waals surface area contributed by atoms with Crippen molar-refractivity contribution in [1.29, 1.82) is 0 Å². The van der Waals surface area contributed by atoms with E-state index >= 15 is 0 Å². The number of benzene rings is 1. The Kier molecular flexibility index (Phi) is 4.43. The maximum atomic E-state index is 10.2. The Balaban J connectivity index is 2.06. The second kappa shape index (κ2) is 5.87. The molecule has 0 bridgehead atoms. The highest BCUT2D eigenvalue weighted by molar-refractivity contribution is 9.10. The van der Waals surface area contributed by atoms with Gasteiger partial charge in [-0.2, -0.15) is 0 Å². The highest BCUT2D eigenvalue weighted by atomic mass is 79.9. The van der Waals surface area contributed by atoms with E-state index < -0.39 is 6.10 Å². The zero-order chi connectivity index (χ0) is 13.1. The van der Waals surface area contributed by atoms with Crippen LogP contribution in [0.5, 0.6) is 0 Å². The maximum absolute atomic E-state index is 10.2. The average molecular weight is 330 g/mol. The van der Waals surface area contributed by atoms with Crippen molar-refractivity contribution in [2.45, 2.75) is 18.9 Å². The quantitative estimate of drug-likeness (QED) is 0.932. The molecule has 1 aromatic heterocycles. The minimum absolute atomic E-state index is 0.574. The fourth-order valence-corrected chi connectivity index (χ4v) is 2.47. The van der Waals surface area contributed by atoms with Gasteiger partial charge in [-0.3, -0.25) is 0 Å². The Bertz CT molecular complexity index is 542. The van der Waals surface area contributed by atoms with Gasteiger partial charge >= 0.3 is 0 Å². The largest absolute Gasteiger partial charge is 0.388 e. The SMILES string of the molecule is Cn1ccnc1CCC(O)c1cccc(Br)c1Cl. The monoisotopic (exact) mass is 328 g/mol. The predicted octanol–water partition coefficient (Wildman–Crippen LogP) is 3.50. The molecule has 0 saturated heterocycles. The van der Waals surface area contributed by atoms with Gasteiger partial charge in [0.05, 0.1) is 11.1 Å². The van der Waals surface area contributed by atoms with Crippen molar-refractivity contribution in [3.05, 3.63) is 51.5 Å². The number of aryl methyl sites for hydroxylation is 2. The van der Waals surface area contributed by atoms with E-state index in [1.54, 1.807) is 6.20 Å². The van der Waals surface area contributed by atoms with Crippen molar-refractivity contribution in [3.63, 3.8) is 0 Å². The minimum atomic E-state index is -0.577. The van der Waals surface area contributed by atoms with Gasteiger partial charge in [-0.1, -0.05) is 23.7 Å². The molecule has 0 fully saturated rings. The van der Waals surface area contributed by atoms with Gasteiger partial charge in [0, 0.05) is 35.9 Å². The molecule has 1 N–H and O–H groups in total. The van der Waals surface area contributed by atoms with Crippen LogP contribution in [0.2, 0.25) is 5.02 Å². The van der Waals surface area contributed by atoms with Crippen molar-refractivity contribution < 1.29 is 5.11 Å². The van der Waals surface area contributed by atoms with E-state index in [1.807, 2.05) is 36.0 Å². The average Bonchev–Trinajstić information content (AvgIpc) is 2.75. The Morgan fingerprint density at radius 1 is 1.50 bits per heavy atom. The number of nitrogens with zero attached hydrogens (tertiary/aromatic N) is 2. The molecule has 1 heterocycles. The van der Waals surface area contributed by atoms with Crippen LogP contribution < -0.4 is 0 Å². The van der Waals surface area contributed by atoms with Gasteiger partial charge in [0.15, 0.2) is 0 Å². The number of rotatable bonds is 4. The molecule has 0 radical (unpaired) electrons. The molecule has 2 rings (SSSR count). The van der Waals surface area contributed by atoms with Gasteiger partial charge < -0.3 is 9.67 Å². The first-order valence-electron chi connectivity index (χ1n) is 5.67. The van der Waals surface area contributed by atoms with Crippen LogP contribution in [-0.4, -0.2) is 14.7 Å². The third-order valence-electron chi connectivity index (χ3n) is 2.90. The lowest BCUT2D eigenvalue weighted by molar-refractivity contribution is 0.167. The van der Waals surface area contributed by atoms with E-state index in [-0.39, 0.29) is 0 Å². The second-order valence-corrected chi connectivity index (χ2v) is 5.38. The summed E-state index contributed by atoms with van der Waals surface area (Å²) in [6.07, 6.45) is 4.39. The van der Waals surface area contributed by atoms with E-state index in [4.69, 9.17) is 11.6 Å². The molecule has 2 aromatic rings. The standard InChI is InChI=1S/C13H14BrClN2O/c1-17-8-7-16-12(17)6-5-11(18)9-3-2-4-10(14)13(9)15/h2-4,7-8,11,18H,5-6H2,1H3. The van der Waals surface area contributed by atoms with Crippen molar-refractivity contribution in [2.24, 2.45) is 7.05 Å². The van der Waals surface area contributed by atoms with Crippen molar-refractivity contribution in [2.75, 3.05) is 0 Å². The first kappa shape index (κ1) is 13.6. The molecule has 0 aliphatic heterocycles. The fraction of sp³-hybridized carbons (Fsp3) is 0.308. The molecular formula is C13H14BrClN2O. The summed E-state index contributed by atoms with van der Waals surface area (Å²) in [4.78, 5) is 4.23. The summed E-state index contributed by atoms with van der Waals surface area (Å²) >= 11 is 9.51. The van der Waals surface area contributed by atoms with Crippen LogP contribution >= 0.6 is 27.5 Å². The molecule has 1 atom stereocenters. The lowest BCUT2D eigenvalue weighted by atomic mass is 10.0. The van der Waals surface area contributed by atoms with Crippen LogP contribution in [0.1, 0.15) is 23.9 Å². The highest BCUT2D eigenvalue weighted by Gasteiger charge is 2.14. The van der Waals surface area contributed by atoms with Crippen molar-refractivity contribution in [1.82, 2.24) is 9.55 Å². The van der Waals surface area contributed by atoms with E-state index in [0.717, 1.165) is 15.9 Å². The molecule has 1 aromatic carbocycles. The van der Waals surface area contributed by atoms with Crippen molar-refractivity contribution >= 4 is 27.5 Å². The molecular weight excluding hydrogens is 316 g/mol. The topological polar surface area (TPSA) is 38.0 Å². The number of aromatic nitrogens is 2. The van der Waals surface area contributed by atoms with Crippen LogP contribution in [0.3, 0.4) is 0 Å².